The van der Waals surface area contributed by atoms with Crippen LogP contribution in [0.3, 0.4) is 0 Å². The topological polar surface area (TPSA) is 74.2 Å². The van der Waals surface area contributed by atoms with Crippen LogP contribution in [0.1, 0.15) is 25.8 Å². The molecule has 2 rings (SSSR count). The van der Waals surface area contributed by atoms with E-state index < -0.39 is 23.6 Å². The Kier molecular flexibility index (Phi) is 4.26. The van der Waals surface area contributed by atoms with E-state index in [0.29, 0.717) is 5.71 Å². The molecule has 0 aliphatic carbocycles. The number of carbonyl (C=O) groups excluding carboxylic acids is 2. The summed E-state index contributed by atoms with van der Waals surface area (Å²) in [7, 11) is 1.26. The van der Waals surface area contributed by atoms with Crippen LogP contribution in [0.5, 0.6) is 0 Å². The molecule has 1 aromatic rings. The van der Waals surface area contributed by atoms with Crippen molar-refractivity contribution < 1.29 is 23.9 Å². The number of benzene rings is 1. The standard InChI is InChI=1S/C15H17NO5/c1-10(20-11(2)17)15(14(18)19-3)9-13(16-21-15)12-7-5-4-6-8-12/h4-8,10H,9H2,1-3H3/t10-,15-/m1/s1. The molecule has 1 aliphatic rings. The fourth-order valence-corrected chi connectivity index (χ4v) is 2.25. The highest BCUT2D eigenvalue weighted by Crippen LogP contribution is 2.33. The van der Waals surface area contributed by atoms with Gasteiger partial charge in [0.25, 0.3) is 5.60 Å². The quantitative estimate of drug-likeness (QED) is 0.789. The third-order valence-corrected chi connectivity index (χ3v) is 3.39. The van der Waals surface area contributed by atoms with Crippen LogP contribution in [0.4, 0.5) is 0 Å². The Labute approximate surface area is 122 Å². The van der Waals surface area contributed by atoms with Crippen LogP contribution in [0, 0.1) is 0 Å². The van der Waals surface area contributed by atoms with Crippen LogP contribution in [0.25, 0.3) is 0 Å². The highest BCUT2D eigenvalue weighted by Gasteiger charge is 2.54. The molecular weight excluding hydrogens is 274 g/mol. The van der Waals surface area contributed by atoms with E-state index in [9.17, 15) is 9.59 Å². The molecule has 0 saturated heterocycles. The van der Waals surface area contributed by atoms with Gasteiger partial charge in [-0.15, -0.1) is 0 Å². The summed E-state index contributed by atoms with van der Waals surface area (Å²) in [6.07, 6.45) is -0.634. The smallest absolute Gasteiger partial charge is 0.357 e. The normalized spacial score (nSPS) is 22.0. The van der Waals surface area contributed by atoms with Crippen molar-refractivity contribution in [2.24, 2.45) is 5.16 Å². The molecule has 6 nitrogen and oxygen atoms in total. The van der Waals surface area contributed by atoms with Crippen molar-refractivity contribution in [1.29, 1.82) is 0 Å². The summed E-state index contributed by atoms with van der Waals surface area (Å²) in [6, 6.07) is 9.35. The number of esters is 2. The van der Waals surface area contributed by atoms with Crippen LogP contribution >= 0.6 is 0 Å². The van der Waals surface area contributed by atoms with E-state index in [1.807, 2.05) is 30.3 Å². The van der Waals surface area contributed by atoms with E-state index in [1.54, 1.807) is 6.92 Å². The molecule has 0 amide bonds. The molecule has 0 aromatic heterocycles. The molecule has 0 unspecified atom stereocenters. The molecule has 112 valence electrons. The molecule has 0 fully saturated rings. The molecule has 6 heteroatoms. The van der Waals surface area contributed by atoms with Gasteiger partial charge in [0.15, 0.2) is 6.10 Å². The van der Waals surface area contributed by atoms with Gasteiger partial charge in [-0.1, -0.05) is 35.5 Å². The lowest BCUT2D eigenvalue weighted by molar-refractivity contribution is -0.188. The molecule has 2 atom stereocenters. The number of nitrogens with zero attached hydrogens (tertiary/aromatic N) is 1. The van der Waals surface area contributed by atoms with Gasteiger partial charge in [-0.2, -0.15) is 0 Å². The number of ether oxygens (including phenoxy) is 2. The fourth-order valence-electron chi connectivity index (χ4n) is 2.25. The van der Waals surface area contributed by atoms with Crippen molar-refractivity contribution in [2.75, 3.05) is 7.11 Å². The first-order valence-electron chi connectivity index (χ1n) is 6.55. The zero-order chi connectivity index (χ0) is 15.5. The second-order valence-corrected chi connectivity index (χ2v) is 4.80. The maximum Gasteiger partial charge on any atom is 0.357 e. The molecule has 1 heterocycles. The number of hydrogen-bond donors (Lipinski definition) is 0. The van der Waals surface area contributed by atoms with Gasteiger partial charge in [0, 0.05) is 6.92 Å². The minimum absolute atomic E-state index is 0.179. The average molecular weight is 291 g/mol. The average Bonchev–Trinajstić information content (AvgIpc) is 2.93. The van der Waals surface area contributed by atoms with E-state index in [-0.39, 0.29) is 6.42 Å². The Bertz CT molecular complexity index is 569. The van der Waals surface area contributed by atoms with Crippen LogP contribution in [-0.4, -0.2) is 36.5 Å². The first-order chi connectivity index (χ1) is 9.99. The second kappa shape index (κ2) is 5.95. The Morgan fingerprint density at radius 1 is 1.33 bits per heavy atom. The Morgan fingerprint density at radius 2 is 2.00 bits per heavy atom. The van der Waals surface area contributed by atoms with E-state index >= 15 is 0 Å². The molecule has 1 aromatic carbocycles. The van der Waals surface area contributed by atoms with Crippen molar-refractivity contribution in [3.05, 3.63) is 35.9 Å². The maximum absolute atomic E-state index is 12.1. The Hall–Kier alpha value is -2.37. The number of oxime groups is 1. The highest BCUT2D eigenvalue weighted by molar-refractivity contribution is 6.05. The monoisotopic (exact) mass is 291 g/mol. The fraction of sp³-hybridized carbons (Fsp3) is 0.400. The lowest BCUT2D eigenvalue weighted by Gasteiger charge is -2.29. The van der Waals surface area contributed by atoms with E-state index in [2.05, 4.69) is 5.16 Å². The van der Waals surface area contributed by atoms with Crippen LogP contribution < -0.4 is 0 Å². The third kappa shape index (κ3) is 2.89. The lowest BCUT2D eigenvalue weighted by atomic mass is 9.89. The summed E-state index contributed by atoms with van der Waals surface area (Å²) in [4.78, 5) is 28.6. The van der Waals surface area contributed by atoms with E-state index in [1.165, 1.54) is 14.0 Å². The van der Waals surface area contributed by atoms with Crippen LogP contribution in [-0.2, 0) is 23.9 Å². The van der Waals surface area contributed by atoms with Crippen molar-refractivity contribution in [2.45, 2.75) is 32.0 Å². The van der Waals surface area contributed by atoms with E-state index in [0.717, 1.165) is 5.56 Å². The number of carbonyl (C=O) groups is 2. The van der Waals surface area contributed by atoms with Crippen molar-refractivity contribution in [1.82, 2.24) is 0 Å². The van der Waals surface area contributed by atoms with Crippen LogP contribution in [0.2, 0.25) is 0 Å². The van der Waals surface area contributed by atoms with Gasteiger partial charge < -0.3 is 14.3 Å². The van der Waals surface area contributed by atoms with Gasteiger partial charge in [-0.05, 0) is 12.5 Å². The van der Waals surface area contributed by atoms with Crippen molar-refractivity contribution >= 4 is 17.7 Å². The summed E-state index contributed by atoms with van der Waals surface area (Å²) < 4.78 is 9.90. The van der Waals surface area contributed by atoms with Gasteiger partial charge in [0.2, 0.25) is 0 Å². The lowest BCUT2D eigenvalue weighted by Crippen LogP contribution is -2.51. The first kappa shape index (κ1) is 15.0. The maximum atomic E-state index is 12.1. The van der Waals surface area contributed by atoms with Gasteiger partial charge in [-0.25, -0.2) is 4.79 Å². The van der Waals surface area contributed by atoms with Gasteiger partial charge in [0.1, 0.15) is 0 Å². The molecule has 0 saturated carbocycles. The molecule has 0 N–H and O–H groups in total. The molecular formula is C15H17NO5. The molecule has 0 radical (unpaired) electrons. The van der Waals surface area contributed by atoms with Gasteiger partial charge in [-0.3, -0.25) is 4.79 Å². The largest absolute Gasteiger partial charge is 0.466 e. The predicted octanol–water partition coefficient (Wildman–Crippen LogP) is 1.67. The number of methoxy groups -OCH3 is 1. The molecule has 1 aliphatic heterocycles. The van der Waals surface area contributed by atoms with Gasteiger partial charge in [0.05, 0.1) is 19.2 Å². The SMILES string of the molecule is COC(=O)[C@]1([C@@H](C)OC(C)=O)CC(c2ccccc2)=NO1. The summed E-state index contributed by atoms with van der Waals surface area (Å²) in [5.74, 6) is -1.12. The molecule has 0 spiro atoms. The summed E-state index contributed by atoms with van der Waals surface area (Å²) in [5, 5.41) is 3.98. The minimum Gasteiger partial charge on any atom is -0.466 e. The zero-order valence-corrected chi connectivity index (χ0v) is 12.2. The molecule has 0 bridgehead atoms. The Morgan fingerprint density at radius 3 is 2.57 bits per heavy atom. The Balaban J connectivity index is 2.26. The minimum atomic E-state index is -1.44. The zero-order valence-electron chi connectivity index (χ0n) is 12.2. The second-order valence-electron chi connectivity index (χ2n) is 4.80. The third-order valence-electron chi connectivity index (χ3n) is 3.39. The first-order valence-corrected chi connectivity index (χ1v) is 6.55. The van der Waals surface area contributed by atoms with Crippen molar-refractivity contribution in [3.63, 3.8) is 0 Å². The van der Waals surface area contributed by atoms with E-state index in [4.69, 9.17) is 14.3 Å². The van der Waals surface area contributed by atoms with Crippen LogP contribution in [0.15, 0.2) is 35.5 Å². The number of rotatable bonds is 4. The molecule has 21 heavy (non-hydrogen) atoms. The predicted molar refractivity (Wildman–Crippen MR) is 74.7 cm³/mol. The number of hydrogen-bond acceptors (Lipinski definition) is 6. The van der Waals surface area contributed by atoms with Gasteiger partial charge >= 0.3 is 11.9 Å². The summed E-state index contributed by atoms with van der Waals surface area (Å²) in [5.41, 5.74) is 0.0179. The highest BCUT2D eigenvalue weighted by atomic mass is 16.7. The summed E-state index contributed by atoms with van der Waals surface area (Å²) in [6.45, 7) is 2.86. The summed E-state index contributed by atoms with van der Waals surface area (Å²) >= 11 is 0. The van der Waals surface area contributed by atoms with Crippen molar-refractivity contribution in [3.8, 4) is 0 Å².